The van der Waals surface area contributed by atoms with E-state index in [-0.39, 0.29) is 11.9 Å². The Morgan fingerprint density at radius 1 is 1.17 bits per heavy atom. The Balaban J connectivity index is 1.72. The molecule has 1 amide bonds. The Morgan fingerprint density at radius 3 is 2.48 bits per heavy atom. The number of hydrogen-bond donors (Lipinski definition) is 1. The zero-order valence-electron chi connectivity index (χ0n) is 13.4. The third kappa shape index (κ3) is 3.01. The van der Waals surface area contributed by atoms with Crippen LogP contribution in [0.3, 0.4) is 0 Å². The van der Waals surface area contributed by atoms with Gasteiger partial charge >= 0.3 is 0 Å². The topological polar surface area (TPSA) is 64.7 Å². The SMILES string of the molecule is Cc1ccc(C(=O)N[C@@H](C)c2ccc(-n3cncn3)cc2)n1C. The standard InChI is InChI=1S/C17H19N5O/c1-12-4-9-16(21(12)3)17(23)20-13(2)14-5-7-15(8-6-14)22-11-18-10-19-22/h4-11,13H,1-3H3,(H,20,23)/t13-/m0/s1. The summed E-state index contributed by atoms with van der Waals surface area (Å²) in [6.07, 6.45) is 3.15. The normalized spacial score (nSPS) is 12.1. The Labute approximate surface area is 134 Å². The Bertz CT molecular complexity index is 802. The Kier molecular flexibility index (Phi) is 3.97. The minimum absolute atomic E-state index is 0.0755. The van der Waals surface area contributed by atoms with Gasteiger partial charge in [-0.3, -0.25) is 4.79 Å². The van der Waals surface area contributed by atoms with Crippen molar-refractivity contribution in [1.82, 2.24) is 24.6 Å². The van der Waals surface area contributed by atoms with Gasteiger partial charge in [0.05, 0.1) is 11.7 Å². The Hall–Kier alpha value is -2.89. The lowest BCUT2D eigenvalue weighted by atomic mass is 10.1. The van der Waals surface area contributed by atoms with E-state index in [0.717, 1.165) is 16.9 Å². The van der Waals surface area contributed by atoms with E-state index in [1.807, 2.05) is 61.9 Å². The van der Waals surface area contributed by atoms with Gasteiger partial charge in [-0.05, 0) is 43.7 Å². The summed E-state index contributed by atoms with van der Waals surface area (Å²) in [5.41, 5.74) is 3.68. The second kappa shape index (κ2) is 6.08. The maximum Gasteiger partial charge on any atom is 0.268 e. The van der Waals surface area contributed by atoms with Crippen LogP contribution in [-0.2, 0) is 7.05 Å². The van der Waals surface area contributed by atoms with E-state index in [2.05, 4.69) is 15.4 Å². The van der Waals surface area contributed by atoms with Gasteiger partial charge in [-0.15, -0.1) is 0 Å². The summed E-state index contributed by atoms with van der Waals surface area (Å²) in [4.78, 5) is 16.3. The molecule has 1 atom stereocenters. The molecule has 0 spiro atoms. The number of carbonyl (C=O) groups excluding carboxylic acids is 1. The number of hydrogen-bond acceptors (Lipinski definition) is 3. The average Bonchev–Trinajstić information content (AvgIpc) is 3.19. The van der Waals surface area contributed by atoms with E-state index in [9.17, 15) is 4.79 Å². The maximum absolute atomic E-state index is 12.4. The van der Waals surface area contributed by atoms with Crippen molar-refractivity contribution in [2.75, 3.05) is 0 Å². The average molecular weight is 309 g/mol. The highest BCUT2D eigenvalue weighted by Gasteiger charge is 2.14. The molecule has 3 aromatic rings. The fourth-order valence-corrected chi connectivity index (χ4v) is 2.45. The van der Waals surface area contributed by atoms with E-state index >= 15 is 0 Å². The number of aromatic nitrogens is 4. The van der Waals surface area contributed by atoms with Crippen LogP contribution in [0.2, 0.25) is 0 Å². The van der Waals surface area contributed by atoms with Crippen LogP contribution in [0.1, 0.15) is 34.7 Å². The molecule has 3 rings (SSSR count). The van der Waals surface area contributed by atoms with Crippen molar-refractivity contribution in [3.05, 3.63) is 66.0 Å². The number of nitrogens with zero attached hydrogens (tertiary/aromatic N) is 4. The molecule has 1 N–H and O–H groups in total. The van der Waals surface area contributed by atoms with Gasteiger partial charge in [0, 0.05) is 12.7 Å². The maximum atomic E-state index is 12.4. The van der Waals surface area contributed by atoms with Crippen molar-refractivity contribution < 1.29 is 4.79 Å². The third-order valence-electron chi connectivity index (χ3n) is 4.03. The minimum Gasteiger partial charge on any atom is -0.344 e. The van der Waals surface area contributed by atoms with Crippen LogP contribution in [0.4, 0.5) is 0 Å². The zero-order valence-corrected chi connectivity index (χ0v) is 13.4. The van der Waals surface area contributed by atoms with E-state index in [4.69, 9.17) is 0 Å². The molecule has 1 aromatic carbocycles. The molecule has 0 saturated carbocycles. The van der Waals surface area contributed by atoms with Gasteiger partial charge in [0.1, 0.15) is 18.3 Å². The summed E-state index contributed by atoms with van der Waals surface area (Å²) >= 11 is 0. The molecule has 0 aliphatic carbocycles. The zero-order chi connectivity index (χ0) is 16.4. The molecule has 0 bridgehead atoms. The van der Waals surface area contributed by atoms with Crippen molar-refractivity contribution in [2.45, 2.75) is 19.9 Å². The first-order valence-electron chi connectivity index (χ1n) is 7.44. The molecule has 118 valence electrons. The summed E-state index contributed by atoms with van der Waals surface area (Å²) in [5, 5.41) is 7.12. The number of rotatable bonds is 4. The first kappa shape index (κ1) is 15.0. The molecule has 23 heavy (non-hydrogen) atoms. The van der Waals surface area contributed by atoms with Gasteiger partial charge in [0.2, 0.25) is 0 Å². The quantitative estimate of drug-likeness (QED) is 0.805. The molecule has 6 nitrogen and oxygen atoms in total. The molecule has 0 aliphatic heterocycles. The minimum atomic E-state index is -0.0810. The summed E-state index contributed by atoms with van der Waals surface area (Å²) in [7, 11) is 1.89. The van der Waals surface area contributed by atoms with Crippen LogP contribution in [-0.4, -0.2) is 25.2 Å². The van der Waals surface area contributed by atoms with Crippen molar-refractivity contribution in [3.8, 4) is 5.69 Å². The lowest BCUT2D eigenvalue weighted by Crippen LogP contribution is -2.28. The van der Waals surface area contributed by atoms with Crippen molar-refractivity contribution in [3.63, 3.8) is 0 Å². The van der Waals surface area contributed by atoms with E-state index < -0.39 is 0 Å². The first-order chi connectivity index (χ1) is 11.1. The van der Waals surface area contributed by atoms with Gasteiger partial charge in [-0.1, -0.05) is 12.1 Å². The van der Waals surface area contributed by atoms with Crippen molar-refractivity contribution >= 4 is 5.91 Å². The number of aryl methyl sites for hydroxylation is 1. The van der Waals surface area contributed by atoms with Crippen molar-refractivity contribution in [1.29, 1.82) is 0 Å². The molecular formula is C17H19N5O. The second-order valence-electron chi connectivity index (χ2n) is 5.55. The van der Waals surface area contributed by atoms with E-state index in [1.165, 1.54) is 6.33 Å². The molecular weight excluding hydrogens is 290 g/mol. The highest BCUT2D eigenvalue weighted by molar-refractivity contribution is 5.93. The number of benzene rings is 1. The number of amides is 1. The Morgan fingerprint density at radius 2 is 1.91 bits per heavy atom. The van der Waals surface area contributed by atoms with Crippen LogP contribution in [0, 0.1) is 6.92 Å². The molecule has 2 heterocycles. The first-order valence-corrected chi connectivity index (χ1v) is 7.44. The van der Waals surface area contributed by atoms with Gasteiger partial charge in [0.25, 0.3) is 5.91 Å². The molecule has 0 aliphatic rings. The van der Waals surface area contributed by atoms with Gasteiger partial charge < -0.3 is 9.88 Å². The molecule has 2 aromatic heterocycles. The predicted molar refractivity (Wildman–Crippen MR) is 87.4 cm³/mol. The fourth-order valence-electron chi connectivity index (χ4n) is 2.45. The molecule has 0 radical (unpaired) electrons. The number of carbonyl (C=O) groups is 1. The van der Waals surface area contributed by atoms with Crippen LogP contribution < -0.4 is 5.32 Å². The lowest BCUT2D eigenvalue weighted by molar-refractivity contribution is 0.0931. The van der Waals surface area contributed by atoms with E-state index in [0.29, 0.717) is 5.69 Å². The molecule has 0 fully saturated rings. The predicted octanol–water partition coefficient (Wildman–Crippen LogP) is 2.41. The summed E-state index contributed by atoms with van der Waals surface area (Å²) in [6, 6.07) is 11.6. The van der Waals surface area contributed by atoms with Crippen molar-refractivity contribution in [2.24, 2.45) is 7.05 Å². The van der Waals surface area contributed by atoms with Crippen LogP contribution >= 0.6 is 0 Å². The largest absolute Gasteiger partial charge is 0.344 e. The number of nitrogens with one attached hydrogen (secondary N) is 1. The van der Waals surface area contributed by atoms with E-state index in [1.54, 1.807) is 11.0 Å². The molecule has 0 unspecified atom stereocenters. The summed E-state index contributed by atoms with van der Waals surface area (Å²) in [5.74, 6) is -0.0755. The highest BCUT2D eigenvalue weighted by atomic mass is 16.2. The van der Waals surface area contributed by atoms with Crippen LogP contribution in [0.25, 0.3) is 5.69 Å². The lowest BCUT2D eigenvalue weighted by Gasteiger charge is -2.15. The summed E-state index contributed by atoms with van der Waals surface area (Å²) < 4.78 is 3.58. The van der Waals surface area contributed by atoms with Gasteiger partial charge in [-0.2, -0.15) is 5.10 Å². The highest BCUT2D eigenvalue weighted by Crippen LogP contribution is 2.16. The third-order valence-corrected chi connectivity index (χ3v) is 4.03. The second-order valence-corrected chi connectivity index (χ2v) is 5.55. The smallest absolute Gasteiger partial charge is 0.268 e. The van der Waals surface area contributed by atoms with Crippen LogP contribution in [0.15, 0.2) is 49.1 Å². The summed E-state index contributed by atoms with van der Waals surface area (Å²) in [6.45, 7) is 3.95. The van der Waals surface area contributed by atoms with Gasteiger partial charge in [0.15, 0.2) is 0 Å². The molecule has 6 heteroatoms. The molecule has 0 saturated heterocycles. The fraction of sp³-hybridized carbons (Fsp3) is 0.235. The monoisotopic (exact) mass is 309 g/mol. The van der Waals surface area contributed by atoms with Gasteiger partial charge in [-0.25, -0.2) is 9.67 Å². The van der Waals surface area contributed by atoms with Crippen LogP contribution in [0.5, 0.6) is 0 Å².